The molecule has 2 heterocycles. The highest BCUT2D eigenvalue weighted by Gasteiger charge is 2.38. The largest absolute Gasteiger partial charge is 0.467 e. The molecule has 0 bridgehead atoms. The fourth-order valence-corrected chi connectivity index (χ4v) is 2.61. The summed E-state index contributed by atoms with van der Waals surface area (Å²) in [6, 6.07) is 9.45. The molecule has 1 unspecified atom stereocenters. The molecule has 0 saturated carbocycles. The van der Waals surface area contributed by atoms with E-state index in [4.69, 9.17) is 16.0 Å². The average Bonchev–Trinajstić information content (AvgIpc) is 2.98. The van der Waals surface area contributed by atoms with Crippen molar-refractivity contribution in [2.24, 2.45) is 0 Å². The molecule has 2 aromatic rings. The Hall–Kier alpha value is -1.74. The highest BCUT2D eigenvalue weighted by molar-refractivity contribution is 6.22. The first-order valence-corrected chi connectivity index (χ1v) is 6.57. The summed E-state index contributed by atoms with van der Waals surface area (Å²) in [5, 5.41) is 2.54. The average molecular weight is 276 g/mol. The minimum Gasteiger partial charge on any atom is -0.467 e. The lowest BCUT2D eigenvalue weighted by molar-refractivity contribution is -0.119. The van der Waals surface area contributed by atoms with E-state index in [1.165, 1.54) is 0 Å². The zero-order valence-corrected chi connectivity index (χ0v) is 11.5. The minimum absolute atomic E-state index is 0.0174. The molecule has 1 aromatic carbocycles. The molecular weight excluding hydrogens is 262 g/mol. The van der Waals surface area contributed by atoms with Crippen LogP contribution < -0.4 is 5.32 Å². The molecule has 1 N–H and O–H groups in total. The van der Waals surface area contributed by atoms with Gasteiger partial charge in [0.05, 0.1) is 11.7 Å². The second-order valence-electron chi connectivity index (χ2n) is 5.26. The summed E-state index contributed by atoms with van der Waals surface area (Å²) >= 11 is 6.41. The Bertz CT molecular complexity index is 632. The summed E-state index contributed by atoms with van der Waals surface area (Å²) in [7, 11) is 0. The SMILES string of the molecule is CC1(C)C(=O)Nc2ccc(C(Cl)c3ccco3)cc21. The van der Waals surface area contributed by atoms with Crippen LogP contribution in [0.3, 0.4) is 0 Å². The van der Waals surface area contributed by atoms with Gasteiger partial charge in [0.25, 0.3) is 0 Å². The molecule has 1 amide bonds. The van der Waals surface area contributed by atoms with Crippen molar-refractivity contribution in [3.05, 3.63) is 53.5 Å². The molecule has 0 fully saturated rings. The molecular formula is C15H14ClNO2. The first kappa shape index (κ1) is 12.3. The van der Waals surface area contributed by atoms with Crippen LogP contribution in [0, 0.1) is 0 Å². The first-order chi connectivity index (χ1) is 9.00. The van der Waals surface area contributed by atoms with Crippen molar-refractivity contribution in [1.82, 2.24) is 0 Å². The number of carbonyl (C=O) groups excluding carboxylic acids is 1. The van der Waals surface area contributed by atoms with Crippen LogP contribution in [0.4, 0.5) is 5.69 Å². The Morgan fingerprint density at radius 1 is 1.32 bits per heavy atom. The maximum atomic E-state index is 11.9. The van der Waals surface area contributed by atoms with Crippen LogP contribution in [0.5, 0.6) is 0 Å². The van der Waals surface area contributed by atoms with Crippen LogP contribution in [-0.2, 0) is 10.2 Å². The number of hydrogen-bond donors (Lipinski definition) is 1. The molecule has 1 aromatic heterocycles. The zero-order chi connectivity index (χ0) is 13.6. The lowest BCUT2D eigenvalue weighted by atomic mass is 9.85. The number of fused-ring (bicyclic) bond motifs is 1. The van der Waals surface area contributed by atoms with Crippen LogP contribution in [-0.4, -0.2) is 5.91 Å². The number of hydrogen-bond acceptors (Lipinski definition) is 2. The van der Waals surface area contributed by atoms with Crippen LogP contribution in [0.2, 0.25) is 0 Å². The van der Waals surface area contributed by atoms with Gasteiger partial charge < -0.3 is 9.73 Å². The number of anilines is 1. The van der Waals surface area contributed by atoms with Gasteiger partial charge in [-0.05, 0) is 43.2 Å². The predicted molar refractivity (Wildman–Crippen MR) is 74.5 cm³/mol. The third-order valence-corrected chi connectivity index (χ3v) is 4.09. The van der Waals surface area contributed by atoms with E-state index in [0.717, 1.165) is 16.8 Å². The standard InChI is InChI=1S/C15H14ClNO2/c1-15(2)10-8-9(5-6-11(10)17-14(15)18)13(16)12-4-3-7-19-12/h3-8,13H,1-2H3,(H,17,18). The fourth-order valence-electron chi connectivity index (χ4n) is 2.35. The van der Waals surface area contributed by atoms with Gasteiger partial charge in [0.1, 0.15) is 11.1 Å². The second kappa shape index (κ2) is 4.14. The molecule has 3 rings (SSSR count). The fraction of sp³-hybridized carbons (Fsp3) is 0.267. The maximum absolute atomic E-state index is 11.9. The van der Waals surface area contributed by atoms with E-state index in [9.17, 15) is 4.79 Å². The van der Waals surface area contributed by atoms with Crippen LogP contribution in [0.25, 0.3) is 0 Å². The van der Waals surface area contributed by atoms with Gasteiger partial charge in [-0.1, -0.05) is 12.1 Å². The van der Waals surface area contributed by atoms with Gasteiger partial charge in [-0.3, -0.25) is 4.79 Å². The summed E-state index contributed by atoms with van der Waals surface area (Å²) in [6.07, 6.45) is 1.60. The molecule has 98 valence electrons. The Balaban J connectivity index is 2.04. The molecule has 1 aliphatic heterocycles. The Morgan fingerprint density at radius 2 is 2.11 bits per heavy atom. The number of halogens is 1. The van der Waals surface area contributed by atoms with Crippen molar-refractivity contribution in [2.45, 2.75) is 24.6 Å². The molecule has 1 atom stereocenters. The molecule has 4 heteroatoms. The number of benzene rings is 1. The third kappa shape index (κ3) is 1.85. The first-order valence-electron chi connectivity index (χ1n) is 6.13. The normalized spacial score (nSPS) is 17.9. The molecule has 0 saturated heterocycles. The topological polar surface area (TPSA) is 42.2 Å². The van der Waals surface area contributed by atoms with Crippen molar-refractivity contribution in [2.75, 3.05) is 5.32 Å². The van der Waals surface area contributed by atoms with Gasteiger partial charge in [-0.2, -0.15) is 0 Å². The lowest BCUT2D eigenvalue weighted by Crippen LogP contribution is -2.26. The predicted octanol–water partition coefficient (Wildman–Crippen LogP) is 3.84. The molecule has 0 aliphatic carbocycles. The number of amides is 1. The van der Waals surface area contributed by atoms with Gasteiger partial charge >= 0.3 is 0 Å². The quantitative estimate of drug-likeness (QED) is 0.846. The van der Waals surface area contributed by atoms with E-state index in [-0.39, 0.29) is 11.3 Å². The van der Waals surface area contributed by atoms with E-state index in [1.54, 1.807) is 6.26 Å². The summed E-state index contributed by atoms with van der Waals surface area (Å²) < 4.78 is 5.33. The van der Waals surface area contributed by atoms with Gasteiger partial charge in [0.2, 0.25) is 5.91 Å². The van der Waals surface area contributed by atoms with E-state index < -0.39 is 5.41 Å². The number of alkyl halides is 1. The Kier molecular flexibility index (Phi) is 2.68. The summed E-state index contributed by atoms with van der Waals surface area (Å²) in [5.74, 6) is 0.723. The maximum Gasteiger partial charge on any atom is 0.234 e. The number of nitrogens with one attached hydrogen (secondary N) is 1. The summed E-state index contributed by atoms with van der Waals surface area (Å²) in [4.78, 5) is 11.9. The van der Waals surface area contributed by atoms with Crippen LogP contribution >= 0.6 is 11.6 Å². The van der Waals surface area contributed by atoms with Crippen molar-refractivity contribution >= 4 is 23.2 Å². The van der Waals surface area contributed by atoms with E-state index in [0.29, 0.717) is 5.76 Å². The van der Waals surface area contributed by atoms with Gasteiger partial charge in [0, 0.05) is 5.69 Å². The van der Waals surface area contributed by atoms with Gasteiger partial charge in [-0.15, -0.1) is 11.6 Å². The second-order valence-corrected chi connectivity index (χ2v) is 5.70. The van der Waals surface area contributed by atoms with E-state index in [2.05, 4.69) is 5.32 Å². The molecule has 0 spiro atoms. The van der Waals surface area contributed by atoms with Crippen molar-refractivity contribution in [3.8, 4) is 0 Å². The van der Waals surface area contributed by atoms with Crippen molar-refractivity contribution in [1.29, 1.82) is 0 Å². The number of carbonyl (C=O) groups is 1. The zero-order valence-electron chi connectivity index (χ0n) is 10.7. The van der Waals surface area contributed by atoms with E-state index in [1.807, 2.05) is 44.2 Å². The van der Waals surface area contributed by atoms with Crippen LogP contribution in [0.15, 0.2) is 41.0 Å². The number of rotatable bonds is 2. The minimum atomic E-state index is -0.523. The molecule has 19 heavy (non-hydrogen) atoms. The molecule has 0 radical (unpaired) electrons. The third-order valence-electron chi connectivity index (χ3n) is 3.62. The van der Waals surface area contributed by atoms with Crippen molar-refractivity contribution < 1.29 is 9.21 Å². The highest BCUT2D eigenvalue weighted by atomic mass is 35.5. The lowest BCUT2D eigenvalue weighted by Gasteiger charge is -2.16. The smallest absolute Gasteiger partial charge is 0.234 e. The Morgan fingerprint density at radius 3 is 2.79 bits per heavy atom. The molecule has 1 aliphatic rings. The molecule has 3 nitrogen and oxygen atoms in total. The van der Waals surface area contributed by atoms with Crippen molar-refractivity contribution in [3.63, 3.8) is 0 Å². The van der Waals surface area contributed by atoms with Gasteiger partial charge in [-0.25, -0.2) is 0 Å². The Labute approximate surface area is 116 Å². The number of furan rings is 1. The highest BCUT2D eigenvalue weighted by Crippen LogP contribution is 2.40. The summed E-state index contributed by atoms with van der Waals surface area (Å²) in [6.45, 7) is 3.82. The monoisotopic (exact) mass is 275 g/mol. The van der Waals surface area contributed by atoms with Gasteiger partial charge in [0.15, 0.2) is 0 Å². The van der Waals surface area contributed by atoms with Crippen LogP contribution in [0.1, 0.15) is 36.1 Å². The summed E-state index contributed by atoms with van der Waals surface area (Å²) in [5.41, 5.74) is 2.25. The van der Waals surface area contributed by atoms with E-state index >= 15 is 0 Å².